The first-order valence-corrected chi connectivity index (χ1v) is 34.1. The minimum atomic E-state index is -3.63. The summed E-state index contributed by atoms with van der Waals surface area (Å²) in [7, 11) is -1.15. The maximum Gasteiger partial charge on any atom is 0.297 e. The second-order valence-corrected chi connectivity index (χ2v) is 26.7. The molecule has 22 nitrogen and oxygen atoms in total. The minimum absolute atomic E-state index is 0.0211. The van der Waals surface area contributed by atoms with Gasteiger partial charge in [0.2, 0.25) is 10.9 Å². The molecular formula is C74H94O22S2. The number of methoxy groups -OCH3 is 4. The quantitative estimate of drug-likeness (QED) is 0.0121. The molecule has 6 aromatic carbocycles. The van der Waals surface area contributed by atoms with Crippen molar-refractivity contribution in [3.63, 3.8) is 0 Å². The molecule has 0 aliphatic rings. The normalized spacial score (nSPS) is 11.1. The molecule has 0 radical (unpaired) electrons. The Hall–Kier alpha value is -8.40. The fourth-order valence-corrected chi connectivity index (χ4v) is 11.1. The molecule has 2 heterocycles. The van der Waals surface area contributed by atoms with E-state index >= 15 is 0 Å². The van der Waals surface area contributed by atoms with Gasteiger partial charge in [-0.05, 0) is 143 Å². The minimum Gasteiger partial charge on any atom is -0.508 e. The zero-order valence-electron chi connectivity index (χ0n) is 58.5. The average molecular weight is 1400 g/mol. The fraction of sp³-hybridized carbons (Fsp3) is 0.378. The number of phenolic OH excluding ortho intramolecular Hbond substituents is 4. The standard InChI is InChI=1S/C27H32O6.C24H26O6.2C10H14O4S.C3H8O2/c1-15(2)7-9-18-17(5)20(28)13-22-24(18)27(30)25-23(33-22)14-21(32-12-11-31-6)19(26(25)29)10-8-16(3)4;1-12(2)5-7-14-16(11-25)18(27)10-19-21(14)24(29)22-20(30-19)9-17(26)15(23(22)28)8-6-13(3)4;2*1-9-3-5-10(6-4-9)15(11,12)14-8-7-13-2;1-5-3-2-4/h7-8,13-14,28-29H,9-12H2,1-6H3;5-6,9-10,25-28H,7-8,11H2,1-4H3;2*3-6H,7-8H2,1-2H3;4H,2-3H2,1H3. The smallest absolute Gasteiger partial charge is 0.297 e. The van der Waals surface area contributed by atoms with Crippen LogP contribution in [0.4, 0.5) is 0 Å². The summed E-state index contributed by atoms with van der Waals surface area (Å²) in [5.74, 6) is -0.350. The molecule has 0 amide bonds. The number of aliphatic hydroxyl groups excluding tert-OH is 2. The van der Waals surface area contributed by atoms with Gasteiger partial charge in [-0.1, -0.05) is 82.0 Å². The van der Waals surface area contributed by atoms with Crippen molar-refractivity contribution in [3.8, 4) is 34.5 Å². The van der Waals surface area contributed by atoms with Gasteiger partial charge in [0.05, 0.1) is 73.4 Å². The molecule has 8 rings (SSSR count). The van der Waals surface area contributed by atoms with Gasteiger partial charge in [0, 0.05) is 69.4 Å². The molecule has 0 atom stereocenters. The summed E-state index contributed by atoms with van der Waals surface area (Å²) < 4.78 is 92.3. The number of hydrogen-bond donors (Lipinski definition) is 7. The van der Waals surface area contributed by atoms with E-state index in [2.05, 4.69) is 4.74 Å². The number of aryl methyl sites for hydroxylation is 2. The van der Waals surface area contributed by atoms with Crippen LogP contribution in [0, 0.1) is 20.8 Å². The molecule has 0 unspecified atom stereocenters. The van der Waals surface area contributed by atoms with Gasteiger partial charge < -0.3 is 68.3 Å². The lowest BCUT2D eigenvalue weighted by atomic mass is 9.95. The molecule has 24 heteroatoms. The molecule has 0 saturated heterocycles. The highest BCUT2D eigenvalue weighted by atomic mass is 32.2. The second kappa shape index (κ2) is 39.3. The van der Waals surface area contributed by atoms with Crippen LogP contribution in [0.5, 0.6) is 34.5 Å². The summed E-state index contributed by atoms with van der Waals surface area (Å²) in [5, 5.41) is 71.6. The Morgan fingerprint density at radius 3 is 1.16 bits per heavy atom. The Bertz CT molecular complexity index is 4380. The number of allylic oxidation sites excluding steroid dienone is 8. The van der Waals surface area contributed by atoms with Crippen LogP contribution >= 0.6 is 0 Å². The van der Waals surface area contributed by atoms with Gasteiger partial charge in [0.15, 0.2) is 0 Å². The average Bonchev–Trinajstić information content (AvgIpc) is 0.746. The zero-order chi connectivity index (χ0) is 73.2. The summed E-state index contributed by atoms with van der Waals surface area (Å²) in [6, 6.07) is 18.7. The lowest BCUT2D eigenvalue weighted by Crippen LogP contribution is -2.10. The Labute approximate surface area is 573 Å². The van der Waals surface area contributed by atoms with E-state index in [1.807, 2.05) is 93.5 Å². The van der Waals surface area contributed by atoms with Gasteiger partial charge in [-0.25, -0.2) is 0 Å². The number of aromatic hydroxyl groups is 5. The van der Waals surface area contributed by atoms with Crippen molar-refractivity contribution in [1.82, 2.24) is 0 Å². The van der Waals surface area contributed by atoms with Gasteiger partial charge in [0.25, 0.3) is 20.2 Å². The molecule has 0 saturated carbocycles. The van der Waals surface area contributed by atoms with Crippen molar-refractivity contribution in [2.45, 2.75) is 118 Å². The largest absolute Gasteiger partial charge is 0.508 e. The van der Waals surface area contributed by atoms with Gasteiger partial charge in [0.1, 0.15) is 74.2 Å². The molecule has 8 aromatic rings. The number of rotatable bonds is 25. The second-order valence-electron chi connectivity index (χ2n) is 23.5. The van der Waals surface area contributed by atoms with Gasteiger partial charge in [-0.3, -0.25) is 18.0 Å². The summed E-state index contributed by atoms with van der Waals surface area (Å²) in [6.07, 6.45) is 9.13. The maximum atomic E-state index is 13.7. The first kappa shape index (κ1) is 82.0. The van der Waals surface area contributed by atoms with E-state index < -0.39 is 32.3 Å². The van der Waals surface area contributed by atoms with Crippen LogP contribution in [-0.2, 0) is 79.8 Å². The van der Waals surface area contributed by atoms with Gasteiger partial charge in [-0.15, -0.1) is 0 Å². The first-order valence-electron chi connectivity index (χ1n) is 31.2. The number of phenols is 5. The molecule has 0 fully saturated rings. The van der Waals surface area contributed by atoms with Crippen LogP contribution in [0.25, 0.3) is 43.9 Å². The predicted octanol–water partition coefficient (Wildman–Crippen LogP) is 12.6. The van der Waals surface area contributed by atoms with Crippen molar-refractivity contribution in [3.05, 3.63) is 184 Å². The molecule has 0 bridgehead atoms. The van der Waals surface area contributed by atoms with E-state index in [0.717, 1.165) is 33.4 Å². The number of aliphatic hydroxyl groups is 2. The highest BCUT2D eigenvalue weighted by Crippen LogP contribution is 2.41. The summed E-state index contributed by atoms with van der Waals surface area (Å²) in [4.78, 5) is 27.5. The van der Waals surface area contributed by atoms with Crippen molar-refractivity contribution in [1.29, 1.82) is 0 Å². The number of fused-ring (bicyclic) bond motifs is 4. The summed E-state index contributed by atoms with van der Waals surface area (Å²) in [6.45, 7) is 22.4. The molecular weight excluding hydrogens is 1300 g/mol. The number of hydrogen-bond acceptors (Lipinski definition) is 22. The lowest BCUT2D eigenvalue weighted by molar-refractivity contribution is 0.135. The third-order valence-electron chi connectivity index (χ3n) is 14.7. The predicted molar refractivity (Wildman–Crippen MR) is 380 cm³/mol. The zero-order valence-corrected chi connectivity index (χ0v) is 60.1. The fourth-order valence-electron chi connectivity index (χ4n) is 9.35. The first-order chi connectivity index (χ1) is 46.3. The maximum absolute atomic E-state index is 13.7. The van der Waals surface area contributed by atoms with Gasteiger partial charge >= 0.3 is 0 Å². The number of benzene rings is 6. The highest BCUT2D eigenvalue weighted by molar-refractivity contribution is 7.87. The number of ether oxygens (including phenoxy) is 5. The molecule has 0 aliphatic carbocycles. The summed E-state index contributed by atoms with van der Waals surface area (Å²) in [5.41, 5.74) is 8.78. The van der Waals surface area contributed by atoms with Crippen molar-refractivity contribution < 1.29 is 93.5 Å². The van der Waals surface area contributed by atoms with Gasteiger partial charge in [-0.2, -0.15) is 16.8 Å². The Balaban J connectivity index is 0.000000286. The van der Waals surface area contributed by atoms with Crippen LogP contribution in [-0.4, -0.2) is 134 Å². The molecule has 534 valence electrons. The van der Waals surface area contributed by atoms with E-state index in [9.17, 15) is 57.1 Å². The molecule has 0 aliphatic heterocycles. The molecule has 0 spiro atoms. The van der Waals surface area contributed by atoms with Crippen molar-refractivity contribution >= 4 is 64.1 Å². The van der Waals surface area contributed by atoms with Crippen molar-refractivity contribution in [2.24, 2.45) is 0 Å². The topological polar surface area (TPSA) is 335 Å². The SMILES string of the molecule is CC(C)=CCc1c(O)cc2oc3cc(O)c(CO)c(CC=C(C)C)c3c(=O)c2c1O.COCCO.COCCOS(=O)(=O)c1ccc(C)cc1.COCCOS(=O)(=O)c1ccc(C)cc1.COCCOc1cc2oc3cc(O)c(C)c(CC=C(C)C)c3c(=O)c2c(O)c1CC=C(C)C. The van der Waals surface area contributed by atoms with Crippen LogP contribution < -0.4 is 15.6 Å². The van der Waals surface area contributed by atoms with E-state index in [1.54, 1.807) is 51.5 Å². The van der Waals surface area contributed by atoms with E-state index in [-0.39, 0.29) is 140 Å². The molecule has 2 aromatic heterocycles. The summed E-state index contributed by atoms with van der Waals surface area (Å²) >= 11 is 0. The molecule has 98 heavy (non-hydrogen) atoms. The Morgan fingerprint density at radius 1 is 0.418 bits per heavy atom. The van der Waals surface area contributed by atoms with Crippen molar-refractivity contribution in [2.75, 3.05) is 81.3 Å². The van der Waals surface area contributed by atoms with E-state index in [1.165, 1.54) is 56.7 Å². The van der Waals surface area contributed by atoms with Crippen LogP contribution in [0.3, 0.4) is 0 Å². The highest BCUT2D eigenvalue weighted by Gasteiger charge is 2.25. The van der Waals surface area contributed by atoms with E-state index in [0.29, 0.717) is 65.9 Å². The lowest BCUT2D eigenvalue weighted by Gasteiger charge is -2.16. The van der Waals surface area contributed by atoms with Crippen LogP contribution in [0.15, 0.2) is 148 Å². The Morgan fingerprint density at radius 2 is 0.765 bits per heavy atom. The third kappa shape index (κ3) is 23.1. The Kier molecular flexibility index (Phi) is 32.9. The third-order valence-corrected chi connectivity index (χ3v) is 17.3. The van der Waals surface area contributed by atoms with E-state index in [4.69, 9.17) is 41.3 Å². The molecule has 7 N–H and O–H groups in total. The van der Waals surface area contributed by atoms with Crippen LogP contribution in [0.1, 0.15) is 99.9 Å². The van der Waals surface area contributed by atoms with Crippen LogP contribution in [0.2, 0.25) is 0 Å². The monoisotopic (exact) mass is 1400 g/mol.